The van der Waals surface area contributed by atoms with Crippen molar-refractivity contribution in [1.29, 1.82) is 0 Å². The highest BCUT2D eigenvalue weighted by Gasteiger charge is 2.39. The van der Waals surface area contributed by atoms with Crippen LogP contribution in [0.15, 0.2) is 60.7 Å². The van der Waals surface area contributed by atoms with E-state index in [2.05, 4.69) is 0 Å². The molecule has 0 radical (unpaired) electrons. The predicted molar refractivity (Wildman–Crippen MR) is 121 cm³/mol. The fourth-order valence-corrected chi connectivity index (χ4v) is 4.33. The quantitative estimate of drug-likeness (QED) is 0.598. The van der Waals surface area contributed by atoms with Crippen LogP contribution in [-0.4, -0.2) is 76.9 Å². The number of hydrogen-bond donors (Lipinski definition) is 2. The van der Waals surface area contributed by atoms with Gasteiger partial charge in [0, 0.05) is 0 Å². The van der Waals surface area contributed by atoms with Crippen molar-refractivity contribution in [2.75, 3.05) is 26.3 Å². The summed E-state index contributed by atoms with van der Waals surface area (Å²) in [6.45, 7) is 1.98. The number of carbonyl (C=O) groups is 1. The summed E-state index contributed by atoms with van der Waals surface area (Å²) < 4.78 is 11.6. The number of hydrogen-bond acceptors (Lipinski definition) is 7. The van der Waals surface area contributed by atoms with Crippen LogP contribution in [0.25, 0.3) is 0 Å². The number of aliphatic hydroxyl groups is 2. The molecule has 4 unspecified atom stereocenters. The zero-order valence-corrected chi connectivity index (χ0v) is 18.7. The van der Waals surface area contributed by atoms with E-state index in [4.69, 9.17) is 14.3 Å². The average molecular weight is 457 g/mol. The summed E-state index contributed by atoms with van der Waals surface area (Å²) in [6, 6.07) is 19.1. The minimum absolute atomic E-state index is 0.198. The number of hydroxylamine groups is 2. The smallest absolute Gasteiger partial charge is 0.392 e. The molecule has 0 aromatic heterocycles. The molecular weight excluding hydrogens is 424 g/mol. The van der Waals surface area contributed by atoms with E-state index >= 15 is 0 Å². The van der Waals surface area contributed by atoms with Crippen molar-refractivity contribution < 1.29 is 29.3 Å². The largest absolute Gasteiger partial charge is 0.429 e. The highest BCUT2D eigenvalue weighted by molar-refractivity contribution is 5.68. The molecule has 2 N–H and O–H groups in total. The first-order valence-corrected chi connectivity index (χ1v) is 11.4. The summed E-state index contributed by atoms with van der Waals surface area (Å²) in [6.07, 6.45) is -0.832. The molecule has 2 aliphatic rings. The number of amides is 1. The van der Waals surface area contributed by atoms with Gasteiger partial charge in [-0.25, -0.2) is 4.79 Å². The molecule has 2 fully saturated rings. The van der Waals surface area contributed by atoms with Crippen molar-refractivity contribution in [1.82, 2.24) is 9.96 Å². The van der Waals surface area contributed by atoms with E-state index in [1.54, 1.807) is 0 Å². The summed E-state index contributed by atoms with van der Waals surface area (Å²) >= 11 is 0. The van der Waals surface area contributed by atoms with Crippen LogP contribution < -0.4 is 0 Å². The van der Waals surface area contributed by atoms with E-state index in [9.17, 15) is 15.0 Å². The normalized spacial score (nSPS) is 25.5. The predicted octanol–water partition coefficient (Wildman–Crippen LogP) is 2.34. The third kappa shape index (κ3) is 6.75. The topological polar surface area (TPSA) is 91.7 Å². The van der Waals surface area contributed by atoms with Gasteiger partial charge in [0.05, 0.1) is 63.8 Å². The first-order valence-electron chi connectivity index (χ1n) is 11.4. The molecule has 0 saturated carbocycles. The molecule has 0 bridgehead atoms. The first-order chi connectivity index (χ1) is 16.1. The lowest BCUT2D eigenvalue weighted by Gasteiger charge is -2.28. The Morgan fingerprint density at radius 1 is 0.788 bits per heavy atom. The zero-order valence-electron chi connectivity index (χ0n) is 18.7. The fourth-order valence-electron chi connectivity index (χ4n) is 4.33. The SMILES string of the molecule is O=C(ON1CC(O)CC1COCc1ccccc1)N1CC(O)CC1COCc1ccccc1. The van der Waals surface area contributed by atoms with Gasteiger partial charge in [-0.15, -0.1) is 5.06 Å². The lowest BCUT2D eigenvalue weighted by molar-refractivity contribution is -0.141. The van der Waals surface area contributed by atoms with Gasteiger partial charge < -0.3 is 24.5 Å². The monoisotopic (exact) mass is 456 g/mol. The van der Waals surface area contributed by atoms with Gasteiger partial charge in [0.2, 0.25) is 0 Å². The second-order valence-corrected chi connectivity index (χ2v) is 8.70. The Balaban J connectivity index is 1.27. The highest BCUT2D eigenvalue weighted by Crippen LogP contribution is 2.24. The van der Waals surface area contributed by atoms with E-state index in [-0.39, 0.29) is 25.2 Å². The van der Waals surface area contributed by atoms with Gasteiger partial charge >= 0.3 is 6.09 Å². The number of aliphatic hydroxyl groups excluding tert-OH is 2. The van der Waals surface area contributed by atoms with E-state index in [0.29, 0.717) is 39.3 Å². The van der Waals surface area contributed by atoms with Gasteiger partial charge in [-0.05, 0) is 24.0 Å². The van der Waals surface area contributed by atoms with Gasteiger partial charge in [0.15, 0.2) is 0 Å². The van der Waals surface area contributed by atoms with Gasteiger partial charge in [-0.3, -0.25) is 4.90 Å². The molecule has 8 nitrogen and oxygen atoms in total. The molecule has 2 heterocycles. The average Bonchev–Trinajstić information content (AvgIpc) is 3.36. The summed E-state index contributed by atoms with van der Waals surface area (Å²) in [5.41, 5.74) is 2.11. The summed E-state index contributed by atoms with van der Waals surface area (Å²) in [5.74, 6) is 0. The Morgan fingerprint density at radius 2 is 1.30 bits per heavy atom. The maximum absolute atomic E-state index is 12.9. The van der Waals surface area contributed by atoms with Crippen molar-refractivity contribution in [3.8, 4) is 0 Å². The van der Waals surface area contributed by atoms with Crippen molar-refractivity contribution >= 4 is 6.09 Å². The Morgan fingerprint density at radius 3 is 1.91 bits per heavy atom. The fraction of sp³-hybridized carbons (Fsp3) is 0.480. The van der Waals surface area contributed by atoms with Crippen molar-refractivity contribution in [3.05, 3.63) is 71.8 Å². The van der Waals surface area contributed by atoms with Crippen LogP contribution in [-0.2, 0) is 27.5 Å². The molecule has 4 rings (SSSR count). The maximum Gasteiger partial charge on any atom is 0.429 e. The minimum atomic E-state index is -0.614. The molecule has 4 atom stereocenters. The zero-order chi connectivity index (χ0) is 23.0. The lowest BCUT2D eigenvalue weighted by Crippen LogP contribution is -2.44. The van der Waals surface area contributed by atoms with Crippen molar-refractivity contribution in [2.24, 2.45) is 0 Å². The van der Waals surface area contributed by atoms with E-state index in [0.717, 1.165) is 11.1 Å². The molecule has 2 aromatic carbocycles. The first kappa shape index (κ1) is 23.7. The van der Waals surface area contributed by atoms with Crippen LogP contribution in [0.1, 0.15) is 24.0 Å². The number of rotatable bonds is 9. The van der Waals surface area contributed by atoms with Gasteiger partial charge in [0.1, 0.15) is 0 Å². The summed E-state index contributed by atoms with van der Waals surface area (Å²) in [4.78, 5) is 20.1. The van der Waals surface area contributed by atoms with Crippen LogP contribution in [0, 0.1) is 0 Å². The summed E-state index contributed by atoms with van der Waals surface area (Å²) in [7, 11) is 0. The Hall–Kier alpha value is -2.49. The Labute approximate surface area is 194 Å². The third-order valence-electron chi connectivity index (χ3n) is 6.01. The third-order valence-corrected chi connectivity index (χ3v) is 6.01. The van der Waals surface area contributed by atoms with Crippen LogP contribution in [0.5, 0.6) is 0 Å². The number of benzene rings is 2. The molecule has 33 heavy (non-hydrogen) atoms. The second-order valence-electron chi connectivity index (χ2n) is 8.70. The van der Waals surface area contributed by atoms with Crippen LogP contribution in [0.2, 0.25) is 0 Å². The van der Waals surface area contributed by atoms with Gasteiger partial charge in [-0.2, -0.15) is 0 Å². The molecule has 0 aliphatic carbocycles. The Kier molecular flexibility index (Phi) is 8.30. The number of β-amino-alcohol motifs (C(OH)–C–C–N with tert-alkyl or cyclic N) is 2. The molecular formula is C25H32N2O6. The molecule has 178 valence electrons. The number of carbonyl (C=O) groups excluding carboxylic acids is 1. The molecule has 2 aliphatic heterocycles. The molecule has 1 amide bonds. The highest BCUT2D eigenvalue weighted by atomic mass is 16.7. The van der Waals surface area contributed by atoms with Crippen LogP contribution in [0.4, 0.5) is 4.79 Å². The number of likely N-dealkylation sites (tertiary alicyclic amines) is 1. The van der Waals surface area contributed by atoms with Crippen molar-refractivity contribution in [2.45, 2.75) is 50.3 Å². The van der Waals surface area contributed by atoms with Crippen LogP contribution >= 0.6 is 0 Å². The molecule has 8 heteroatoms. The minimum Gasteiger partial charge on any atom is -0.392 e. The standard InChI is InChI=1S/C25H32N2O6/c28-23-11-21(17-31-15-19-7-3-1-4-8-19)26(13-23)25(30)33-27-14-24(29)12-22(27)18-32-16-20-9-5-2-6-10-20/h1-10,21-24,28-29H,11-18H2. The lowest BCUT2D eigenvalue weighted by atomic mass is 10.2. The number of nitrogens with zero attached hydrogens (tertiary/aromatic N) is 2. The van der Waals surface area contributed by atoms with Gasteiger partial charge in [-0.1, -0.05) is 60.7 Å². The van der Waals surface area contributed by atoms with E-state index < -0.39 is 18.3 Å². The molecule has 0 spiro atoms. The summed E-state index contributed by atoms with van der Waals surface area (Å²) in [5, 5.41) is 21.8. The van der Waals surface area contributed by atoms with Gasteiger partial charge in [0.25, 0.3) is 0 Å². The van der Waals surface area contributed by atoms with E-state index in [1.165, 1.54) is 9.96 Å². The second kappa shape index (κ2) is 11.6. The number of ether oxygens (including phenoxy) is 2. The molecule has 2 aromatic rings. The van der Waals surface area contributed by atoms with Crippen LogP contribution in [0.3, 0.4) is 0 Å². The maximum atomic E-state index is 12.9. The Bertz CT molecular complexity index is 868. The van der Waals surface area contributed by atoms with E-state index in [1.807, 2.05) is 60.7 Å². The van der Waals surface area contributed by atoms with Crippen molar-refractivity contribution in [3.63, 3.8) is 0 Å². The molecule has 2 saturated heterocycles.